The first-order valence-corrected chi connectivity index (χ1v) is 6.11. The fourth-order valence-corrected chi connectivity index (χ4v) is 1.98. The van der Waals surface area contributed by atoms with Crippen molar-refractivity contribution < 1.29 is 9.18 Å². The average Bonchev–Trinajstić information content (AvgIpc) is 2.32. The second-order valence-electron chi connectivity index (χ2n) is 3.90. The number of amides is 1. The molecule has 0 bridgehead atoms. The Hall–Kier alpha value is -1.65. The van der Waals surface area contributed by atoms with E-state index in [1.165, 1.54) is 18.3 Å². The van der Waals surface area contributed by atoms with Crippen molar-refractivity contribution in [3.8, 4) is 0 Å². The zero-order chi connectivity index (χ0) is 14.0. The molecule has 1 aromatic heterocycles. The van der Waals surface area contributed by atoms with Crippen molar-refractivity contribution >= 4 is 34.8 Å². The van der Waals surface area contributed by atoms with Crippen LogP contribution >= 0.6 is 23.2 Å². The largest absolute Gasteiger partial charge is 0.320 e. The lowest BCUT2D eigenvalue weighted by Crippen LogP contribution is -2.13. The van der Waals surface area contributed by atoms with Crippen LogP contribution in [-0.4, -0.2) is 10.9 Å². The molecule has 0 aliphatic rings. The lowest BCUT2D eigenvalue weighted by atomic mass is 10.2. The highest BCUT2D eigenvalue weighted by Crippen LogP contribution is 2.21. The standard InChI is InChI=1S/C13H9Cl2FN2O/c1-7-4-12(15)17-6-11(7)18-13(19)9-3-2-8(16)5-10(9)14/h2-6H,1H3,(H,18,19). The topological polar surface area (TPSA) is 42.0 Å². The fraction of sp³-hybridized carbons (Fsp3) is 0.0769. The molecular formula is C13H9Cl2FN2O. The van der Waals surface area contributed by atoms with Gasteiger partial charge in [0, 0.05) is 0 Å². The van der Waals surface area contributed by atoms with E-state index in [9.17, 15) is 9.18 Å². The summed E-state index contributed by atoms with van der Waals surface area (Å²) in [6.07, 6.45) is 1.45. The minimum absolute atomic E-state index is 0.0528. The summed E-state index contributed by atoms with van der Waals surface area (Å²) in [4.78, 5) is 15.9. The minimum atomic E-state index is -0.495. The van der Waals surface area contributed by atoms with Gasteiger partial charge in [-0.2, -0.15) is 0 Å². The molecule has 2 rings (SSSR count). The van der Waals surface area contributed by atoms with Crippen LogP contribution in [0.4, 0.5) is 10.1 Å². The Labute approximate surface area is 119 Å². The van der Waals surface area contributed by atoms with Crippen molar-refractivity contribution in [3.05, 3.63) is 57.6 Å². The summed E-state index contributed by atoms with van der Waals surface area (Å²) < 4.78 is 12.9. The van der Waals surface area contributed by atoms with E-state index < -0.39 is 11.7 Å². The molecule has 1 heterocycles. The number of nitrogens with zero attached hydrogens (tertiary/aromatic N) is 1. The number of hydrogen-bond acceptors (Lipinski definition) is 2. The molecule has 98 valence electrons. The first-order valence-electron chi connectivity index (χ1n) is 5.36. The Kier molecular flexibility index (Phi) is 4.02. The number of aromatic nitrogens is 1. The van der Waals surface area contributed by atoms with Crippen LogP contribution in [0, 0.1) is 12.7 Å². The predicted octanol–water partition coefficient (Wildman–Crippen LogP) is 4.09. The first-order chi connectivity index (χ1) is 8.97. The molecule has 0 fully saturated rings. The Morgan fingerprint density at radius 3 is 2.68 bits per heavy atom. The quantitative estimate of drug-likeness (QED) is 0.849. The second kappa shape index (κ2) is 5.55. The highest BCUT2D eigenvalue weighted by Gasteiger charge is 2.12. The predicted molar refractivity (Wildman–Crippen MR) is 73.3 cm³/mol. The SMILES string of the molecule is Cc1cc(Cl)ncc1NC(=O)c1ccc(F)cc1Cl. The van der Waals surface area contributed by atoms with Crippen molar-refractivity contribution in [1.82, 2.24) is 4.98 Å². The lowest BCUT2D eigenvalue weighted by Gasteiger charge is -2.09. The van der Waals surface area contributed by atoms with Crippen LogP contribution in [0.2, 0.25) is 10.2 Å². The number of nitrogens with one attached hydrogen (secondary N) is 1. The summed E-state index contributed by atoms with van der Waals surface area (Å²) in [6.45, 7) is 1.79. The number of halogens is 3. The van der Waals surface area contributed by atoms with Crippen molar-refractivity contribution in [1.29, 1.82) is 0 Å². The summed E-state index contributed by atoms with van der Waals surface area (Å²) in [5, 5.41) is 3.04. The van der Waals surface area contributed by atoms with Gasteiger partial charge in [0.1, 0.15) is 11.0 Å². The summed E-state index contributed by atoms with van der Waals surface area (Å²) in [5.41, 5.74) is 1.48. The van der Waals surface area contributed by atoms with Crippen LogP contribution in [0.5, 0.6) is 0 Å². The van der Waals surface area contributed by atoms with E-state index in [1.807, 2.05) is 0 Å². The third-order valence-electron chi connectivity index (χ3n) is 2.50. The number of anilines is 1. The molecule has 0 spiro atoms. The maximum atomic E-state index is 12.9. The van der Waals surface area contributed by atoms with E-state index in [2.05, 4.69) is 10.3 Å². The van der Waals surface area contributed by atoms with E-state index >= 15 is 0 Å². The number of hydrogen-bond donors (Lipinski definition) is 1. The van der Waals surface area contributed by atoms with Gasteiger partial charge in [0.15, 0.2) is 0 Å². The highest BCUT2D eigenvalue weighted by molar-refractivity contribution is 6.34. The van der Waals surface area contributed by atoms with E-state index in [0.29, 0.717) is 10.8 Å². The number of aryl methyl sites for hydroxylation is 1. The molecule has 1 aromatic carbocycles. The van der Waals surface area contributed by atoms with E-state index in [0.717, 1.165) is 11.6 Å². The molecule has 0 aliphatic carbocycles. The molecule has 0 saturated heterocycles. The monoisotopic (exact) mass is 298 g/mol. The van der Waals surface area contributed by atoms with E-state index in [4.69, 9.17) is 23.2 Å². The summed E-state index contributed by atoms with van der Waals surface area (Å²) >= 11 is 11.5. The molecule has 3 nitrogen and oxygen atoms in total. The molecule has 0 aliphatic heterocycles. The molecule has 0 radical (unpaired) electrons. The molecule has 19 heavy (non-hydrogen) atoms. The molecule has 0 unspecified atom stereocenters. The van der Waals surface area contributed by atoms with Crippen LogP contribution in [-0.2, 0) is 0 Å². The number of rotatable bonds is 2. The highest BCUT2D eigenvalue weighted by atomic mass is 35.5. The molecule has 0 atom stereocenters. The minimum Gasteiger partial charge on any atom is -0.320 e. The van der Waals surface area contributed by atoms with Crippen LogP contribution in [0.3, 0.4) is 0 Å². The zero-order valence-electron chi connectivity index (χ0n) is 9.88. The van der Waals surface area contributed by atoms with E-state index in [-0.39, 0.29) is 10.6 Å². The first kappa shape index (κ1) is 13.8. The van der Waals surface area contributed by atoms with Gasteiger partial charge in [0.2, 0.25) is 0 Å². The fourth-order valence-electron chi connectivity index (χ4n) is 1.52. The third kappa shape index (κ3) is 3.22. The van der Waals surface area contributed by atoms with Gasteiger partial charge >= 0.3 is 0 Å². The number of pyridine rings is 1. The number of carbonyl (C=O) groups excluding carboxylic acids is 1. The number of benzene rings is 1. The van der Waals surface area contributed by atoms with Crippen LogP contribution in [0.1, 0.15) is 15.9 Å². The van der Waals surface area contributed by atoms with Crippen molar-refractivity contribution in [2.75, 3.05) is 5.32 Å². The maximum absolute atomic E-state index is 12.9. The van der Waals surface area contributed by atoms with Gasteiger partial charge in [-0.15, -0.1) is 0 Å². The zero-order valence-corrected chi connectivity index (χ0v) is 11.4. The second-order valence-corrected chi connectivity index (χ2v) is 4.69. The Balaban J connectivity index is 2.25. The summed E-state index contributed by atoms with van der Waals surface area (Å²) in [5.74, 6) is -0.928. The van der Waals surface area contributed by atoms with Crippen molar-refractivity contribution in [2.45, 2.75) is 6.92 Å². The van der Waals surface area contributed by atoms with Gasteiger partial charge in [-0.3, -0.25) is 4.79 Å². The van der Waals surface area contributed by atoms with Gasteiger partial charge in [-0.05, 0) is 36.8 Å². The molecule has 0 saturated carbocycles. The Bertz CT molecular complexity index is 647. The lowest BCUT2D eigenvalue weighted by molar-refractivity contribution is 0.102. The van der Waals surface area contributed by atoms with Gasteiger partial charge in [-0.25, -0.2) is 9.37 Å². The van der Waals surface area contributed by atoms with Gasteiger partial charge in [-0.1, -0.05) is 23.2 Å². The average molecular weight is 299 g/mol. The third-order valence-corrected chi connectivity index (χ3v) is 3.02. The molecule has 2 aromatic rings. The Morgan fingerprint density at radius 1 is 1.32 bits per heavy atom. The number of carbonyl (C=O) groups is 1. The molecule has 6 heteroatoms. The summed E-state index contributed by atoms with van der Waals surface area (Å²) in [7, 11) is 0. The van der Waals surface area contributed by atoms with Gasteiger partial charge in [0.05, 0.1) is 22.5 Å². The molecule has 1 amide bonds. The Morgan fingerprint density at radius 2 is 2.05 bits per heavy atom. The van der Waals surface area contributed by atoms with Crippen molar-refractivity contribution in [2.24, 2.45) is 0 Å². The van der Waals surface area contributed by atoms with E-state index in [1.54, 1.807) is 13.0 Å². The molecular weight excluding hydrogens is 290 g/mol. The van der Waals surface area contributed by atoms with Crippen LogP contribution in [0.25, 0.3) is 0 Å². The van der Waals surface area contributed by atoms with Crippen molar-refractivity contribution in [3.63, 3.8) is 0 Å². The van der Waals surface area contributed by atoms with Crippen LogP contribution in [0.15, 0.2) is 30.5 Å². The smallest absolute Gasteiger partial charge is 0.257 e. The maximum Gasteiger partial charge on any atom is 0.257 e. The van der Waals surface area contributed by atoms with Gasteiger partial charge < -0.3 is 5.32 Å². The molecule has 1 N–H and O–H groups in total. The van der Waals surface area contributed by atoms with Crippen LogP contribution < -0.4 is 5.32 Å². The summed E-state index contributed by atoms with van der Waals surface area (Å²) in [6, 6.07) is 5.21. The van der Waals surface area contributed by atoms with Gasteiger partial charge in [0.25, 0.3) is 5.91 Å². The normalized spacial score (nSPS) is 10.3.